The van der Waals surface area contributed by atoms with Crippen molar-refractivity contribution in [1.82, 2.24) is 4.98 Å². The summed E-state index contributed by atoms with van der Waals surface area (Å²) in [7, 11) is 0. The van der Waals surface area contributed by atoms with Crippen LogP contribution in [0.25, 0.3) is 0 Å². The lowest BCUT2D eigenvalue weighted by Crippen LogP contribution is -2.34. The standard InChI is InChI=1S/C13H20N2OS/c1-10(16)13-4-3-11(9-14-13)15-7-5-12(17-2)6-8-15/h3-4,9-10,12,16H,5-8H2,1-2H3/t10-/m1/s1. The molecule has 0 bridgehead atoms. The predicted molar refractivity (Wildman–Crippen MR) is 73.6 cm³/mol. The zero-order chi connectivity index (χ0) is 12.3. The third-order valence-corrected chi connectivity index (χ3v) is 4.48. The van der Waals surface area contributed by atoms with Crippen molar-refractivity contribution in [1.29, 1.82) is 0 Å². The first-order valence-electron chi connectivity index (χ1n) is 6.12. The van der Waals surface area contributed by atoms with Gasteiger partial charge in [0.1, 0.15) is 0 Å². The minimum Gasteiger partial charge on any atom is -0.387 e. The molecule has 0 saturated carbocycles. The van der Waals surface area contributed by atoms with Gasteiger partial charge in [-0.05, 0) is 38.2 Å². The topological polar surface area (TPSA) is 36.4 Å². The number of hydrogen-bond donors (Lipinski definition) is 1. The first-order valence-corrected chi connectivity index (χ1v) is 7.41. The Kier molecular flexibility index (Phi) is 4.29. The van der Waals surface area contributed by atoms with E-state index in [4.69, 9.17) is 0 Å². The minimum atomic E-state index is -0.480. The van der Waals surface area contributed by atoms with Gasteiger partial charge in [-0.1, -0.05) is 0 Å². The second kappa shape index (κ2) is 5.74. The molecule has 0 aliphatic carbocycles. The van der Waals surface area contributed by atoms with E-state index >= 15 is 0 Å². The average molecular weight is 252 g/mol. The minimum absolute atomic E-state index is 0.480. The molecule has 0 aromatic carbocycles. The maximum absolute atomic E-state index is 9.41. The molecule has 2 rings (SSSR count). The third kappa shape index (κ3) is 3.13. The van der Waals surface area contributed by atoms with E-state index in [-0.39, 0.29) is 0 Å². The van der Waals surface area contributed by atoms with Crippen molar-refractivity contribution < 1.29 is 5.11 Å². The number of thioether (sulfide) groups is 1. The summed E-state index contributed by atoms with van der Waals surface area (Å²) >= 11 is 1.97. The second-order valence-corrected chi connectivity index (χ2v) is 5.68. The summed E-state index contributed by atoms with van der Waals surface area (Å²) in [6.07, 6.45) is 6.09. The van der Waals surface area contributed by atoms with Crippen LogP contribution in [0.2, 0.25) is 0 Å². The van der Waals surface area contributed by atoms with E-state index < -0.39 is 6.10 Å². The van der Waals surface area contributed by atoms with Gasteiger partial charge in [0.25, 0.3) is 0 Å². The van der Waals surface area contributed by atoms with E-state index in [9.17, 15) is 5.11 Å². The number of aliphatic hydroxyl groups is 1. The predicted octanol–water partition coefficient (Wildman–Crippen LogP) is 2.47. The Morgan fingerprint density at radius 3 is 2.59 bits per heavy atom. The van der Waals surface area contributed by atoms with Crippen LogP contribution in [0.15, 0.2) is 18.3 Å². The lowest BCUT2D eigenvalue weighted by atomic mass is 10.1. The molecule has 1 fully saturated rings. The van der Waals surface area contributed by atoms with Gasteiger partial charge in [-0.2, -0.15) is 11.8 Å². The smallest absolute Gasteiger partial charge is 0.0931 e. The molecule has 0 unspecified atom stereocenters. The van der Waals surface area contributed by atoms with E-state index in [1.54, 1.807) is 6.92 Å². The maximum Gasteiger partial charge on any atom is 0.0931 e. The summed E-state index contributed by atoms with van der Waals surface area (Å²) in [5.41, 5.74) is 1.92. The Hall–Kier alpha value is -0.740. The highest BCUT2D eigenvalue weighted by atomic mass is 32.2. The van der Waals surface area contributed by atoms with Crippen molar-refractivity contribution in [2.24, 2.45) is 0 Å². The summed E-state index contributed by atoms with van der Waals surface area (Å²) < 4.78 is 0. The van der Waals surface area contributed by atoms with Crippen LogP contribution in [-0.2, 0) is 0 Å². The Balaban J connectivity index is 1.99. The Morgan fingerprint density at radius 2 is 2.12 bits per heavy atom. The number of piperidine rings is 1. The highest BCUT2D eigenvalue weighted by molar-refractivity contribution is 7.99. The number of hydrogen-bond acceptors (Lipinski definition) is 4. The van der Waals surface area contributed by atoms with E-state index in [0.717, 1.165) is 24.0 Å². The molecule has 4 heteroatoms. The van der Waals surface area contributed by atoms with Crippen LogP contribution in [0.5, 0.6) is 0 Å². The molecule has 3 nitrogen and oxygen atoms in total. The molecule has 1 aliphatic rings. The molecule has 1 aromatic heterocycles. The van der Waals surface area contributed by atoms with E-state index in [1.165, 1.54) is 18.5 Å². The summed E-state index contributed by atoms with van der Waals surface area (Å²) in [5, 5.41) is 10.2. The number of rotatable bonds is 3. The van der Waals surface area contributed by atoms with Gasteiger partial charge in [-0.3, -0.25) is 4.98 Å². The van der Waals surface area contributed by atoms with Gasteiger partial charge in [0.05, 0.1) is 23.7 Å². The van der Waals surface area contributed by atoms with E-state index in [2.05, 4.69) is 22.2 Å². The highest BCUT2D eigenvalue weighted by Gasteiger charge is 2.18. The maximum atomic E-state index is 9.41. The van der Waals surface area contributed by atoms with Gasteiger partial charge in [-0.25, -0.2) is 0 Å². The first-order chi connectivity index (χ1) is 8.20. The lowest BCUT2D eigenvalue weighted by molar-refractivity contribution is 0.194. The number of anilines is 1. The number of nitrogens with zero attached hydrogens (tertiary/aromatic N) is 2. The highest BCUT2D eigenvalue weighted by Crippen LogP contribution is 2.25. The number of aromatic nitrogens is 1. The average Bonchev–Trinajstić information content (AvgIpc) is 2.39. The molecule has 1 aliphatic heterocycles. The summed E-state index contributed by atoms with van der Waals surface area (Å²) in [4.78, 5) is 6.68. The second-order valence-electron chi connectivity index (χ2n) is 4.54. The Labute approximate surface area is 107 Å². The van der Waals surface area contributed by atoms with Gasteiger partial charge < -0.3 is 10.0 Å². The monoisotopic (exact) mass is 252 g/mol. The molecule has 0 spiro atoms. The molecule has 0 radical (unpaired) electrons. The Bertz CT molecular complexity index is 345. The van der Waals surface area contributed by atoms with Crippen LogP contribution in [-0.4, -0.2) is 34.7 Å². The van der Waals surface area contributed by atoms with Crippen molar-refractivity contribution in [3.63, 3.8) is 0 Å². The van der Waals surface area contributed by atoms with E-state index in [1.807, 2.05) is 24.0 Å². The molecule has 0 amide bonds. The van der Waals surface area contributed by atoms with Gasteiger partial charge >= 0.3 is 0 Å². The fraction of sp³-hybridized carbons (Fsp3) is 0.615. The van der Waals surface area contributed by atoms with Crippen molar-refractivity contribution >= 4 is 17.4 Å². The molecule has 1 saturated heterocycles. The van der Waals surface area contributed by atoms with Gasteiger partial charge in [-0.15, -0.1) is 0 Å². The summed E-state index contributed by atoms with van der Waals surface area (Å²) in [5.74, 6) is 0. The van der Waals surface area contributed by atoms with Crippen LogP contribution >= 0.6 is 11.8 Å². The molecule has 1 atom stereocenters. The molecule has 2 heterocycles. The largest absolute Gasteiger partial charge is 0.387 e. The van der Waals surface area contributed by atoms with Crippen molar-refractivity contribution in [2.75, 3.05) is 24.2 Å². The van der Waals surface area contributed by atoms with E-state index in [0.29, 0.717) is 0 Å². The molecule has 94 valence electrons. The number of pyridine rings is 1. The van der Waals surface area contributed by atoms with Crippen LogP contribution in [0.4, 0.5) is 5.69 Å². The van der Waals surface area contributed by atoms with Crippen LogP contribution in [0, 0.1) is 0 Å². The molecule has 17 heavy (non-hydrogen) atoms. The van der Waals surface area contributed by atoms with Gasteiger partial charge in [0.2, 0.25) is 0 Å². The van der Waals surface area contributed by atoms with Crippen LogP contribution in [0.3, 0.4) is 0 Å². The van der Waals surface area contributed by atoms with Crippen molar-refractivity contribution in [3.05, 3.63) is 24.0 Å². The molecule has 1 aromatic rings. The molecular formula is C13H20N2OS. The fourth-order valence-electron chi connectivity index (χ4n) is 2.18. The SMILES string of the molecule is CSC1CCN(c2ccc([C@@H](C)O)nc2)CC1. The quantitative estimate of drug-likeness (QED) is 0.896. The van der Waals surface area contributed by atoms with Gasteiger partial charge in [0.15, 0.2) is 0 Å². The summed E-state index contributed by atoms with van der Waals surface area (Å²) in [6, 6.07) is 3.98. The lowest BCUT2D eigenvalue weighted by Gasteiger charge is -2.32. The Morgan fingerprint density at radius 1 is 1.41 bits per heavy atom. The fourth-order valence-corrected chi connectivity index (χ4v) is 2.86. The normalized spacial score (nSPS) is 19.4. The first kappa shape index (κ1) is 12.7. The van der Waals surface area contributed by atoms with Gasteiger partial charge in [0, 0.05) is 18.3 Å². The molecule has 1 N–H and O–H groups in total. The zero-order valence-electron chi connectivity index (χ0n) is 10.5. The van der Waals surface area contributed by atoms with Crippen molar-refractivity contribution in [2.45, 2.75) is 31.1 Å². The van der Waals surface area contributed by atoms with Crippen molar-refractivity contribution in [3.8, 4) is 0 Å². The number of aliphatic hydroxyl groups excluding tert-OH is 1. The zero-order valence-corrected chi connectivity index (χ0v) is 11.3. The van der Waals surface area contributed by atoms with Crippen LogP contribution < -0.4 is 4.90 Å². The molecular weight excluding hydrogens is 232 g/mol. The summed E-state index contributed by atoms with van der Waals surface area (Å²) in [6.45, 7) is 3.97. The van der Waals surface area contributed by atoms with Crippen LogP contribution in [0.1, 0.15) is 31.6 Å². The third-order valence-electron chi connectivity index (χ3n) is 3.34.